The van der Waals surface area contributed by atoms with Crippen molar-refractivity contribution < 1.29 is 4.74 Å². The van der Waals surface area contributed by atoms with Crippen LogP contribution in [0.3, 0.4) is 0 Å². The molecule has 0 unspecified atom stereocenters. The molecule has 4 aromatic carbocycles. The predicted molar refractivity (Wildman–Crippen MR) is 112 cm³/mol. The second kappa shape index (κ2) is 6.59. The molecule has 0 radical (unpaired) electrons. The van der Waals surface area contributed by atoms with E-state index in [0.29, 0.717) is 0 Å². The van der Waals surface area contributed by atoms with Crippen molar-refractivity contribution in [2.75, 3.05) is 0 Å². The van der Waals surface area contributed by atoms with Crippen LogP contribution in [0, 0.1) is 6.92 Å². The molecule has 0 N–H and O–H groups in total. The summed E-state index contributed by atoms with van der Waals surface area (Å²) < 4.78 is 6.30. The van der Waals surface area contributed by atoms with Gasteiger partial charge in [-0.25, -0.2) is 0 Å². The first-order valence-electron chi connectivity index (χ1n) is 9.63. The van der Waals surface area contributed by atoms with E-state index in [9.17, 15) is 0 Å². The average Bonchev–Trinajstić information content (AvgIpc) is 3.13. The standard InChI is InChI=1S/C26H22O/c1-18-14-15-23(21-11-6-5-10-20(18)21)22-12-7-13-25-24(22)16-17-26(25)27-19-8-3-2-4-9-19/h2-15,26H,16-17H2,1H3/t26-/m1/s1. The molecule has 4 aromatic rings. The van der Waals surface area contributed by atoms with Gasteiger partial charge in [0.25, 0.3) is 0 Å². The summed E-state index contributed by atoms with van der Waals surface area (Å²) in [6.07, 6.45) is 2.23. The zero-order valence-corrected chi connectivity index (χ0v) is 15.5. The minimum absolute atomic E-state index is 0.138. The zero-order valence-electron chi connectivity index (χ0n) is 15.5. The number of fused-ring (bicyclic) bond motifs is 2. The fourth-order valence-corrected chi connectivity index (χ4v) is 4.34. The van der Waals surface area contributed by atoms with Crippen LogP contribution in [-0.4, -0.2) is 0 Å². The highest BCUT2D eigenvalue weighted by molar-refractivity contribution is 5.99. The Labute approximate surface area is 160 Å². The number of ether oxygens (including phenoxy) is 1. The second-order valence-electron chi connectivity index (χ2n) is 7.31. The summed E-state index contributed by atoms with van der Waals surface area (Å²) in [6.45, 7) is 2.19. The van der Waals surface area contributed by atoms with Gasteiger partial charge in [0, 0.05) is 0 Å². The molecule has 0 fully saturated rings. The molecule has 27 heavy (non-hydrogen) atoms. The molecule has 0 saturated carbocycles. The first kappa shape index (κ1) is 16.1. The van der Waals surface area contributed by atoms with E-state index >= 15 is 0 Å². The van der Waals surface area contributed by atoms with Gasteiger partial charge in [-0.2, -0.15) is 0 Å². The minimum atomic E-state index is 0.138. The molecule has 1 nitrogen and oxygen atoms in total. The molecular formula is C26H22O. The van der Waals surface area contributed by atoms with Gasteiger partial charge in [-0.3, -0.25) is 0 Å². The lowest BCUT2D eigenvalue weighted by Crippen LogP contribution is -2.03. The molecule has 132 valence electrons. The SMILES string of the molecule is Cc1ccc(-c2cccc3c2CC[C@H]3Oc2ccccc2)c2ccccc12. The topological polar surface area (TPSA) is 9.23 Å². The lowest BCUT2D eigenvalue weighted by Gasteiger charge is -2.16. The van der Waals surface area contributed by atoms with Crippen LogP contribution < -0.4 is 4.74 Å². The molecule has 1 atom stereocenters. The highest BCUT2D eigenvalue weighted by Gasteiger charge is 2.26. The Kier molecular flexibility index (Phi) is 3.94. The summed E-state index contributed by atoms with van der Waals surface area (Å²) in [5.41, 5.74) is 6.77. The predicted octanol–water partition coefficient (Wildman–Crippen LogP) is 6.88. The van der Waals surface area contributed by atoms with Gasteiger partial charge in [0.05, 0.1) is 0 Å². The van der Waals surface area contributed by atoms with Crippen molar-refractivity contribution in [2.45, 2.75) is 25.9 Å². The Morgan fingerprint density at radius 2 is 1.48 bits per heavy atom. The van der Waals surface area contributed by atoms with E-state index in [0.717, 1.165) is 18.6 Å². The smallest absolute Gasteiger partial charge is 0.124 e. The zero-order chi connectivity index (χ0) is 18.2. The molecule has 1 aliphatic carbocycles. The maximum atomic E-state index is 6.30. The summed E-state index contributed by atoms with van der Waals surface area (Å²) in [5.74, 6) is 0.946. The van der Waals surface area contributed by atoms with E-state index < -0.39 is 0 Å². The summed E-state index contributed by atoms with van der Waals surface area (Å²) in [5, 5.41) is 2.67. The summed E-state index contributed by atoms with van der Waals surface area (Å²) >= 11 is 0. The maximum Gasteiger partial charge on any atom is 0.124 e. The molecule has 0 bridgehead atoms. The van der Waals surface area contributed by atoms with Gasteiger partial charge in [-0.05, 0) is 70.5 Å². The monoisotopic (exact) mass is 350 g/mol. The summed E-state index contributed by atoms with van der Waals surface area (Å²) in [4.78, 5) is 0. The van der Waals surface area contributed by atoms with Crippen LogP contribution in [0.15, 0.2) is 84.9 Å². The third-order valence-corrected chi connectivity index (χ3v) is 5.67. The van der Waals surface area contributed by atoms with Crippen LogP contribution in [0.2, 0.25) is 0 Å². The van der Waals surface area contributed by atoms with Crippen LogP contribution in [0.25, 0.3) is 21.9 Å². The van der Waals surface area contributed by atoms with Crippen molar-refractivity contribution in [3.05, 3.63) is 102 Å². The van der Waals surface area contributed by atoms with Gasteiger partial charge in [0.1, 0.15) is 11.9 Å². The molecule has 0 aromatic heterocycles. The van der Waals surface area contributed by atoms with Crippen molar-refractivity contribution in [1.29, 1.82) is 0 Å². The number of hydrogen-bond acceptors (Lipinski definition) is 1. The number of benzene rings is 4. The first-order chi connectivity index (χ1) is 13.3. The van der Waals surface area contributed by atoms with E-state index in [1.54, 1.807) is 0 Å². The number of aryl methyl sites for hydroxylation is 1. The lowest BCUT2D eigenvalue weighted by atomic mass is 9.91. The van der Waals surface area contributed by atoms with Crippen LogP contribution >= 0.6 is 0 Å². The van der Waals surface area contributed by atoms with Gasteiger partial charge in [0.2, 0.25) is 0 Å². The van der Waals surface area contributed by atoms with E-state index in [-0.39, 0.29) is 6.10 Å². The van der Waals surface area contributed by atoms with Crippen molar-refractivity contribution in [3.63, 3.8) is 0 Å². The normalized spacial score (nSPS) is 15.7. The van der Waals surface area contributed by atoms with Crippen molar-refractivity contribution in [3.8, 4) is 16.9 Å². The van der Waals surface area contributed by atoms with Crippen molar-refractivity contribution in [1.82, 2.24) is 0 Å². The van der Waals surface area contributed by atoms with Crippen LogP contribution in [0.5, 0.6) is 5.75 Å². The van der Waals surface area contributed by atoms with E-state index in [1.165, 1.54) is 38.6 Å². The quantitative estimate of drug-likeness (QED) is 0.391. The minimum Gasteiger partial charge on any atom is -0.486 e. The van der Waals surface area contributed by atoms with Gasteiger partial charge in [-0.15, -0.1) is 0 Å². The van der Waals surface area contributed by atoms with Crippen LogP contribution in [0.1, 0.15) is 29.2 Å². The summed E-state index contributed by atoms with van der Waals surface area (Å²) in [6, 6.07) is 30.1. The second-order valence-corrected chi connectivity index (χ2v) is 7.31. The lowest BCUT2D eigenvalue weighted by molar-refractivity contribution is 0.207. The number of hydrogen-bond donors (Lipinski definition) is 0. The fourth-order valence-electron chi connectivity index (χ4n) is 4.34. The van der Waals surface area contributed by atoms with E-state index in [4.69, 9.17) is 4.74 Å². The Hall–Kier alpha value is -3.06. The maximum absolute atomic E-state index is 6.30. The highest BCUT2D eigenvalue weighted by atomic mass is 16.5. The molecule has 0 spiro atoms. The molecule has 0 heterocycles. The molecule has 1 heteroatoms. The molecule has 0 saturated heterocycles. The van der Waals surface area contributed by atoms with E-state index in [2.05, 4.69) is 61.5 Å². The Balaban J connectivity index is 1.60. The summed E-state index contributed by atoms with van der Waals surface area (Å²) in [7, 11) is 0. The van der Waals surface area contributed by atoms with Gasteiger partial charge in [-0.1, -0.05) is 72.8 Å². The van der Waals surface area contributed by atoms with Gasteiger partial charge in [0.15, 0.2) is 0 Å². The largest absolute Gasteiger partial charge is 0.486 e. The Morgan fingerprint density at radius 3 is 2.33 bits per heavy atom. The van der Waals surface area contributed by atoms with Gasteiger partial charge >= 0.3 is 0 Å². The number of para-hydroxylation sites is 1. The molecule has 1 aliphatic rings. The first-order valence-corrected chi connectivity index (χ1v) is 9.63. The molecule has 0 amide bonds. The molecular weight excluding hydrogens is 328 g/mol. The Bertz CT molecular complexity index is 1110. The van der Waals surface area contributed by atoms with Crippen molar-refractivity contribution in [2.24, 2.45) is 0 Å². The number of rotatable bonds is 3. The Morgan fingerprint density at radius 1 is 0.704 bits per heavy atom. The average molecular weight is 350 g/mol. The third kappa shape index (κ3) is 2.80. The molecule has 0 aliphatic heterocycles. The highest BCUT2D eigenvalue weighted by Crippen LogP contribution is 2.42. The fraction of sp³-hybridized carbons (Fsp3) is 0.154. The van der Waals surface area contributed by atoms with Crippen LogP contribution in [-0.2, 0) is 6.42 Å². The third-order valence-electron chi connectivity index (χ3n) is 5.67. The van der Waals surface area contributed by atoms with Crippen LogP contribution in [0.4, 0.5) is 0 Å². The molecule has 5 rings (SSSR count). The van der Waals surface area contributed by atoms with E-state index in [1.807, 2.05) is 30.3 Å². The van der Waals surface area contributed by atoms with Crippen molar-refractivity contribution >= 4 is 10.8 Å². The van der Waals surface area contributed by atoms with Gasteiger partial charge < -0.3 is 4.74 Å².